The Hall–Kier alpha value is 0.0300. The predicted octanol–water partition coefficient (Wildman–Crippen LogP) is 1.81. The van der Waals surface area contributed by atoms with Gasteiger partial charge in [0.2, 0.25) is 5.91 Å². The summed E-state index contributed by atoms with van der Waals surface area (Å²) in [5.74, 6) is 0.747. The summed E-state index contributed by atoms with van der Waals surface area (Å²) in [7, 11) is 0. The Labute approximate surface area is 132 Å². The third kappa shape index (κ3) is 4.26. The summed E-state index contributed by atoms with van der Waals surface area (Å²) in [4.78, 5) is 12.3. The van der Waals surface area contributed by atoms with Gasteiger partial charge in [0, 0.05) is 30.4 Å². The second-order valence-electron chi connectivity index (χ2n) is 5.75. The van der Waals surface area contributed by atoms with Gasteiger partial charge in [0.15, 0.2) is 0 Å². The first-order valence-corrected chi connectivity index (χ1v) is 8.54. The van der Waals surface area contributed by atoms with Gasteiger partial charge < -0.3 is 15.8 Å². The van der Waals surface area contributed by atoms with Crippen LogP contribution in [0, 0.1) is 11.8 Å². The van der Waals surface area contributed by atoms with Crippen LogP contribution in [0.5, 0.6) is 0 Å². The number of thioether (sulfide) groups is 1. The molecular weight excluding hydrogens is 296 g/mol. The molecule has 0 aromatic heterocycles. The van der Waals surface area contributed by atoms with Gasteiger partial charge in [-0.05, 0) is 44.4 Å². The fraction of sp³-hybridized carbons (Fsp3) is 0.929. The minimum absolute atomic E-state index is 0. The van der Waals surface area contributed by atoms with E-state index in [0.717, 1.165) is 51.9 Å². The first-order chi connectivity index (χ1) is 9.21. The van der Waals surface area contributed by atoms with Crippen LogP contribution in [0.25, 0.3) is 0 Å². The van der Waals surface area contributed by atoms with Gasteiger partial charge >= 0.3 is 0 Å². The molecule has 2 fully saturated rings. The molecule has 1 aliphatic heterocycles. The highest BCUT2D eigenvalue weighted by molar-refractivity contribution is 8.00. The van der Waals surface area contributed by atoms with Gasteiger partial charge in [-0.15, -0.1) is 12.4 Å². The van der Waals surface area contributed by atoms with Crippen LogP contribution in [-0.2, 0) is 9.53 Å². The standard InChI is InChI=1S/C14H26N2O2S.ClH/c1-19-14(5-7-18-8-6-14)10-16-13(17)12-4-2-3-11(12)9-15;/h11-12H,2-10,15H2,1H3,(H,16,17);1H/t11-,12-;/m1./s1. The number of hydrogen-bond donors (Lipinski definition) is 2. The maximum Gasteiger partial charge on any atom is 0.223 e. The molecule has 20 heavy (non-hydrogen) atoms. The SMILES string of the molecule is CSC1(CNC(=O)[C@@H]2CCC[C@@H]2CN)CCOCC1.Cl. The van der Waals surface area contributed by atoms with Gasteiger partial charge in [0.25, 0.3) is 0 Å². The topological polar surface area (TPSA) is 64.4 Å². The summed E-state index contributed by atoms with van der Waals surface area (Å²) < 4.78 is 5.60. The first-order valence-electron chi connectivity index (χ1n) is 7.31. The highest BCUT2D eigenvalue weighted by Gasteiger charge is 2.35. The van der Waals surface area contributed by atoms with Crippen molar-refractivity contribution in [2.24, 2.45) is 17.6 Å². The molecule has 0 radical (unpaired) electrons. The molecule has 0 bridgehead atoms. The van der Waals surface area contributed by atoms with Crippen LogP contribution >= 0.6 is 24.2 Å². The number of carbonyl (C=O) groups is 1. The monoisotopic (exact) mass is 322 g/mol. The first kappa shape index (κ1) is 18.1. The van der Waals surface area contributed by atoms with E-state index in [2.05, 4.69) is 11.6 Å². The van der Waals surface area contributed by atoms with Crippen molar-refractivity contribution in [2.75, 3.05) is 32.6 Å². The third-order valence-electron chi connectivity index (χ3n) is 4.72. The number of nitrogens with two attached hydrogens (primary N) is 1. The molecule has 1 aliphatic carbocycles. The van der Waals surface area contributed by atoms with E-state index >= 15 is 0 Å². The summed E-state index contributed by atoms with van der Waals surface area (Å²) >= 11 is 1.86. The molecule has 2 atom stereocenters. The van der Waals surface area contributed by atoms with Crippen molar-refractivity contribution in [1.82, 2.24) is 5.32 Å². The summed E-state index contributed by atoms with van der Waals surface area (Å²) in [5, 5.41) is 3.18. The van der Waals surface area contributed by atoms with E-state index in [4.69, 9.17) is 10.5 Å². The Morgan fingerprint density at radius 3 is 2.70 bits per heavy atom. The Morgan fingerprint density at radius 1 is 1.40 bits per heavy atom. The maximum absolute atomic E-state index is 12.3. The number of ether oxygens (including phenoxy) is 1. The molecule has 1 heterocycles. The molecule has 1 amide bonds. The highest BCUT2D eigenvalue weighted by atomic mass is 35.5. The lowest BCUT2D eigenvalue weighted by Crippen LogP contribution is -2.46. The number of rotatable bonds is 5. The third-order valence-corrected chi connectivity index (χ3v) is 6.14. The lowest BCUT2D eigenvalue weighted by Gasteiger charge is -2.36. The average Bonchev–Trinajstić information content (AvgIpc) is 2.94. The van der Waals surface area contributed by atoms with Crippen LogP contribution in [0.15, 0.2) is 0 Å². The van der Waals surface area contributed by atoms with Gasteiger partial charge in [-0.3, -0.25) is 4.79 Å². The number of nitrogens with one attached hydrogen (secondary N) is 1. The number of halogens is 1. The smallest absolute Gasteiger partial charge is 0.223 e. The van der Waals surface area contributed by atoms with E-state index in [0.29, 0.717) is 12.5 Å². The van der Waals surface area contributed by atoms with Crippen LogP contribution in [-0.4, -0.2) is 43.2 Å². The largest absolute Gasteiger partial charge is 0.381 e. The van der Waals surface area contributed by atoms with E-state index in [9.17, 15) is 4.79 Å². The molecule has 0 aromatic carbocycles. The summed E-state index contributed by atoms with van der Waals surface area (Å²) in [6.07, 6.45) is 7.44. The molecule has 0 spiro atoms. The molecule has 2 rings (SSSR count). The van der Waals surface area contributed by atoms with Crippen LogP contribution in [0.4, 0.5) is 0 Å². The van der Waals surface area contributed by atoms with Crippen LogP contribution in [0.3, 0.4) is 0 Å². The zero-order chi connectivity index (χ0) is 13.7. The van der Waals surface area contributed by atoms with Crippen molar-refractivity contribution >= 4 is 30.1 Å². The summed E-state index contributed by atoms with van der Waals surface area (Å²) in [5.41, 5.74) is 5.75. The molecule has 3 N–H and O–H groups in total. The Balaban J connectivity index is 0.00000200. The molecular formula is C14H27ClN2O2S. The van der Waals surface area contributed by atoms with Gasteiger partial charge in [0.05, 0.1) is 0 Å². The number of amides is 1. The number of hydrogen-bond acceptors (Lipinski definition) is 4. The predicted molar refractivity (Wildman–Crippen MR) is 86.4 cm³/mol. The van der Waals surface area contributed by atoms with Crippen molar-refractivity contribution in [2.45, 2.75) is 36.9 Å². The quantitative estimate of drug-likeness (QED) is 0.810. The molecule has 0 unspecified atom stereocenters. The normalized spacial score (nSPS) is 28.7. The van der Waals surface area contributed by atoms with E-state index in [-0.39, 0.29) is 29.0 Å². The second kappa shape index (κ2) is 8.47. The molecule has 2 aliphatic rings. The van der Waals surface area contributed by atoms with Gasteiger partial charge in [0.1, 0.15) is 0 Å². The fourth-order valence-electron chi connectivity index (χ4n) is 3.24. The molecule has 0 aromatic rings. The lowest BCUT2D eigenvalue weighted by atomic mass is 9.94. The van der Waals surface area contributed by atoms with E-state index in [1.54, 1.807) is 0 Å². The van der Waals surface area contributed by atoms with Crippen LogP contribution in [0.1, 0.15) is 32.1 Å². The van der Waals surface area contributed by atoms with Gasteiger partial charge in [-0.25, -0.2) is 0 Å². The maximum atomic E-state index is 12.3. The Kier molecular flexibility index (Phi) is 7.65. The fourth-order valence-corrected chi connectivity index (χ4v) is 4.03. The Bertz CT molecular complexity index is 312. The minimum atomic E-state index is 0. The molecule has 1 saturated carbocycles. The van der Waals surface area contributed by atoms with Crippen LogP contribution < -0.4 is 11.1 Å². The second-order valence-corrected chi connectivity index (χ2v) is 7.02. The zero-order valence-corrected chi connectivity index (χ0v) is 13.9. The Morgan fingerprint density at radius 2 is 2.10 bits per heavy atom. The minimum Gasteiger partial charge on any atom is -0.381 e. The van der Waals surface area contributed by atoms with Crippen molar-refractivity contribution < 1.29 is 9.53 Å². The summed E-state index contributed by atoms with van der Waals surface area (Å²) in [6, 6.07) is 0. The molecule has 6 heteroatoms. The lowest BCUT2D eigenvalue weighted by molar-refractivity contribution is -0.126. The van der Waals surface area contributed by atoms with Crippen molar-refractivity contribution in [3.05, 3.63) is 0 Å². The van der Waals surface area contributed by atoms with E-state index < -0.39 is 0 Å². The van der Waals surface area contributed by atoms with E-state index in [1.165, 1.54) is 0 Å². The van der Waals surface area contributed by atoms with Gasteiger partial charge in [-0.1, -0.05) is 6.42 Å². The molecule has 118 valence electrons. The number of carbonyl (C=O) groups excluding carboxylic acids is 1. The summed E-state index contributed by atoms with van der Waals surface area (Å²) in [6.45, 7) is 3.03. The van der Waals surface area contributed by atoms with Crippen molar-refractivity contribution in [1.29, 1.82) is 0 Å². The highest BCUT2D eigenvalue weighted by Crippen LogP contribution is 2.34. The van der Waals surface area contributed by atoms with E-state index in [1.807, 2.05) is 11.8 Å². The van der Waals surface area contributed by atoms with Crippen molar-refractivity contribution in [3.63, 3.8) is 0 Å². The molecule has 1 saturated heterocycles. The zero-order valence-electron chi connectivity index (χ0n) is 12.2. The average molecular weight is 323 g/mol. The molecule has 4 nitrogen and oxygen atoms in total. The van der Waals surface area contributed by atoms with Gasteiger partial charge in [-0.2, -0.15) is 11.8 Å². The van der Waals surface area contributed by atoms with Crippen molar-refractivity contribution in [3.8, 4) is 0 Å². The van der Waals surface area contributed by atoms with Crippen LogP contribution in [0.2, 0.25) is 0 Å².